The lowest BCUT2D eigenvalue weighted by Crippen LogP contribution is -2.52. The number of nitrogens with zero attached hydrogens (tertiary/aromatic N) is 2. The highest BCUT2D eigenvalue weighted by Crippen LogP contribution is 2.40. The first-order valence-corrected chi connectivity index (χ1v) is 13.0. The fourth-order valence-electron chi connectivity index (χ4n) is 5.61. The summed E-state index contributed by atoms with van der Waals surface area (Å²) in [6, 6.07) is 26.0. The third-order valence-electron chi connectivity index (χ3n) is 7.37. The summed E-state index contributed by atoms with van der Waals surface area (Å²) in [7, 11) is 0. The van der Waals surface area contributed by atoms with Crippen LogP contribution in [0.4, 0.5) is 5.69 Å². The summed E-state index contributed by atoms with van der Waals surface area (Å²) in [6.07, 6.45) is 5.05. The van der Waals surface area contributed by atoms with Crippen molar-refractivity contribution in [3.63, 3.8) is 0 Å². The number of halogens is 3. The number of benzene rings is 3. The van der Waals surface area contributed by atoms with Gasteiger partial charge in [-0.1, -0.05) is 77.3 Å². The van der Waals surface area contributed by atoms with Crippen molar-refractivity contribution < 1.29 is 0 Å². The lowest BCUT2D eigenvalue weighted by molar-refractivity contribution is 0.123. The van der Waals surface area contributed by atoms with Crippen LogP contribution < -0.4 is 4.90 Å². The van der Waals surface area contributed by atoms with E-state index in [0.29, 0.717) is 22.0 Å². The minimum atomic E-state index is 0.224. The Morgan fingerprint density at radius 3 is 2.06 bits per heavy atom. The molecule has 3 aromatic rings. The fourth-order valence-corrected chi connectivity index (χ4v) is 6.25. The molecule has 0 radical (unpaired) electrons. The summed E-state index contributed by atoms with van der Waals surface area (Å²) in [5.41, 5.74) is 3.82. The van der Waals surface area contributed by atoms with Gasteiger partial charge in [-0.3, -0.25) is 4.90 Å². The molecule has 1 saturated carbocycles. The average molecular weight is 500 g/mol. The van der Waals surface area contributed by atoms with E-state index in [9.17, 15) is 0 Å². The van der Waals surface area contributed by atoms with Crippen LogP contribution in [0, 0.1) is 0 Å². The van der Waals surface area contributed by atoms with Gasteiger partial charge in [-0.05, 0) is 73.1 Å². The van der Waals surface area contributed by atoms with Gasteiger partial charge in [-0.15, -0.1) is 0 Å². The van der Waals surface area contributed by atoms with E-state index in [-0.39, 0.29) is 6.04 Å². The molecule has 172 valence electrons. The Balaban J connectivity index is 1.34. The maximum atomic E-state index is 6.64. The minimum Gasteiger partial charge on any atom is -0.361 e. The summed E-state index contributed by atoms with van der Waals surface area (Å²) in [6.45, 7) is 2.97. The number of hydrogen-bond donors (Lipinski definition) is 0. The second-order valence-corrected chi connectivity index (χ2v) is 10.5. The Labute approximate surface area is 212 Å². The molecule has 0 spiro atoms. The van der Waals surface area contributed by atoms with Gasteiger partial charge < -0.3 is 4.90 Å². The summed E-state index contributed by atoms with van der Waals surface area (Å²) in [5.74, 6) is 0.698. The highest BCUT2D eigenvalue weighted by Gasteiger charge is 2.34. The SMILES string of the molecule is Clc1ccc(C2CN(C3CCC(c4ccccc4)CC3)CCN2c2ccc(Cl)cc2Cl)cc1. The molecule has 33 heavy (non-hydrogen) atoms. The van der Waals surface area contributed by atoms with Crippen LogP contribution >= 0.6 is 34.8 Å². The van der Waals surface area contributed by atoms with Gasteiger partial charge in [-0.2, -0.15) is 0 Å². The average Bonchev–Trinajstić information content (AvgIpc) is 2.85. The van der Waals surface area contributed by atoms with Crippen LogP contribution in [-0.2, 0) is 0 Å². The largest absolute Gasteiger partial charge is 0.361 e. The number of piperazine rings is 1. The number of rotatable bonds is 4. The molecule has 5 rings (SSSR count). The molecule has 1 aliphatic carbocycles. The molecular formula is C28H29Cl3N2. The molecule has 1 atom stereocenters. The normalized spacial score (nSPS) is 24.1. The molecule has 1 aliphatic heterocycles. The second-order valence-electron chi connectivity index (χ2n) is 9.27. The Kier molecular flexibility index (Phi) is 7.18. The van der Waals surface area contributed by atoms with E-state index < -0.39 is 0 Å². The van der Waals surface area contributed by atoms with E-state index in [0.717, 1.165) is 30.3 Å². The van der Waals surface area contributed by atoms with Crippen LogP contribution in [0.5, 0.6) is 0 Å². The van der Waals surface area contributed by atoms with E-state index in [1.165, 1.54) is 36.8 Å². The summed E-state index contributed by atoms with van der Waals surface area (Å²) in [4.78, 5) is 5.15. The molecule has 0 aromatic heterocycles. The molecule has 0 bridgehead atoms. The van der Waals surface area contributed by atoms with E-state index in [4.69, 9.17) is 34.8 Å². The van der Waals surface area contributed by atoms with Gasteiger partial charge in [0.15, 0.2) is 0 Å². The van der Waals surface area contributed by atoms with Crippen LogP contribution in [0.2, 0.25) is 15.1 Å². The maximum absolute atomic E-state index is 6.64. The van der Waals surface area contributed by atoms with Crippen LogP contribution in [0.1, 0.15) is 48.8 Å². The van der Waals surface area contributed by atoms with Gasteiger partial charge in [-0.25, -0.2) is 0 Å². The smallest absolute Gasteiger partial charge is 0.0670 e. The van der Waals surface area contributed by atoms with Gasteiger partial charge in [0.25, 0.3) is 0 Å². The van der Waals surface area contributed by atoms with Gasteiger partial charge in [0.2, 0.25) is 0 Å². The lowest BCUT2D eigenvalue weighted by atomic mass is 9.81. The fraction of sp³-hybridized carbons (Fsp3) is 0.357. The molecule has 0 N–H and O–H groups in total. The van der Waals surface area contributed by atoms with Crippen molar-refractivity contribution in [3.05, 3.63) is 99.0 Å². The zero-order chi connectivity index (χ0) is 22.8. The topological polar surface area (TPSA) is 6.48 Å². The first-order chi connectivity index (χ1) is 16.1. The third-order valence-corrected chi connectivity index (χ3v) is 8.16. The zero-order valence-electron chi connectivity index (χ0n) is 18.6. The van der Waals surface area contributed by atoms with E-state index in [2.05, 4.69) is 52.3 Å². The molecule has 3 aromatic carbocycles. The molecule has 1 saturated heterocycles. The number of hydrogen-bond acceptors (Lipinski definition) is 2. The Morgan fingerprint density at radius 2 is 1.36 bits per heavy atom. The third kappa shape index (κ3) is 5.20. The van der Waals surface area contributed by atoms with Crippen molar-refractivity contribution in [3.8, 4) is 0 Å². The Hall–Kier alpha value is -1.71. The number of anilines is 1. The van der Waals surface area contributed by atoms with Crippen molar-refractivity contribution in [2.45, 2.75) is 43.7 Å². The Morgan fingerprint density at radius 1 is 0.667 bits per heavy atom. The summed E-state index contributed by atoms with van der Waals surface area (Å²) >= 11 is 19.0. The molecular weight excluding hydrogens is 471 g/mol. The van der Waals surface area contributed by atoms with Crippen LogP contribution in [-0.4, -0.2) is 30.6 Å². The van der Waals surface area contributed by atoms with Crippen LogP contribution in [0.3, 0.4) is 0 Å². The zero-order valence-corrected chi connectivity index (χ0v) is 20.9. The van der Waals surface area contributed by atoms with Gasteiger partial charge in [0, 0.05) is 35.7 Å². The predicted octanol–water partition coefficient (Wildman–Crippen LogP) is 8.24. The highest BCUT2D eigenvalue weighted by molar-refractivity contribution is 6.36. The first kappa shape index (κ1) is 23.1. The molecule has 5 heteroatoms. The quantitative estimate of drug-likeness (QED) is 0.356. The summed E-state index contributed by atoms with van der Waals surface area (Å²) in [5, 5.41) is 2.14. The summed E-state index contributed by atoms with van der Waals surface area (Å²) < 4.78 is 0. The molecule has 2 nitrogen and oxygen atoms in total. The van der Waals surface area contributed by atoms with Crippen molar-refractivity contribution >= 4 is 40.5 Å². The van der Waals surface area contributed by atoms with Crippen LogP contribution in [0.25, 0.3) is 0 Å². The van der Waals surface area contributed by atoms with Gasteiger partial charge in [0.1, 0.15) is 0 Å². The minimum absolute atomic E-state index is 0.224. The van der Waals surface area contributed by atoms with E-state index in [1.807, 2.05) is 30.3 Å². The van der Waals surface area contributed by atoms with Gasteiger partial charge >= 0.3 is 0 Å². The van der Waals surface area contributed by atoms with Crippen molar-refractivity contribution in [1.29, 1.82) is 0 Å². The van der Waals surface area contributed by atoms with Crippen molar-refractivity contribution in [1.82, 2.24) is 4.90 Å². The first-order valence-electron chi connectivity index (χ1n) is 11.8. The molecule has 1 heterocycles. The maximum Gasteiger partial charge on any atom is 0.0670 e. The van der Waals surface area contributed by atoms with Crippen molar-refractivity contribution in [2.75, 3.05) is 24.5 Å². The molecule has 1 unspecified atom stereocenters. The Bertz CT molecular complexity index is 1060. The standard InChI is InChI=1S/C28H29Cl3N2/c29-23-10-6-22(7-11-23)28-19-32(16-17-33(28)27-15-12-24(30)18-26(27)31)25-13-8-21(9-14-25)20-4-2-1-3-5-20/h1-7,10-12,15,18,21,25,28H,8-9,13-14,16-17,19H2. The van der Waals surface area contributed by atoms with E-state index in [1.54, 1.807) is 0 Å². The predicted molar refractivity (Wildman–Crippen MR) is 141 cm³/mol. The van der Waals surface area contributed by atoms with Crippen LogP contribution in [0.15, 0.2) is 72.8 Å². The second kappa shape index (κ2) is 10.3. The van der Waals surface area contributed by atoms with Crippen molar-refractivity contribution in [2.24, 2.45) is 0 Å². The molecule has 2 fully saturated rings. The highest BCUT2D eigenvalue weighted by atomic mass is 35.5. The van der Waals surface area contributed by atoms with Gasteiger partial charge in [0.05, 0.1) is 16.8 Å². The monoisotopic (exact) mass is 498 g/mol. The molecule has 0 amide bonds. The lowest BCUT2D eigenvalue weighted by Gasteiger charge is -2.47. The van der Waals surface area contributed by atoms with E-state index >= 15 is 0 Å². The molecule has 2 aliphatic rings.